The number of carbonyl (C=O) groups excluding carboxylic acids is 1. The van der Waals surface area contributed by atoms with E-state index < -0.39 is 4.92 Å². The molecule has 2 N–H and O–H groups in total. The molecule has 148 valence electrons. The van der Waals surface area contributed by atoms with Gasteiger partial charge in [0.2, 0.25) is 5.91 Å². The van der Waals surface area contributed by atoms with Gasteiger partial charge in [-0.25, -0.2) is 0 Å². The van der Waals surface area contributed by atoms with Gasteiger partial charge in [0.05, 0.1) is 11.0 Å². The number of benzene rings is 2. The number of nitro benzene ring substituents is 1. The molecule has 8 nitrogen and oxygen atoms in total. The number of nitrogens with zero attached hydrogens (tertiary/aromatic N) is 3. The summed E-state index contributed by atoms with van der Waals surface area (Å²) in [6.07, 6.45) is 0.396. The molecule has 28 heavy (non-hydrogen) atoms. The maximum absolute atomic E-state index is 12.3. The smallest absolute Gasteiger partial charge is 0.269 e. The van der Waals surface area contributed by atoms with Crippen molar-refractivity contribution >= 4 is 47.2 Å². The van der Waals surface area contributed by atoms with Gasteiger partial charge in [0.25, 0.3) is 5.69 Å². The number of hydrogen-bond acceptors (Lipinski definition) is 4. The zero-order chi connectivity index (χ0) is 19.2. The zero-order valence-electron chi connectivity index (χ0n) is 15.4. The number of hydrogen-bond donors (Lipinski definition) is 2. The molecule has 3 rings (SSSR count). The average molecular weight is 495 g/mol. The molecular formula is C19H22IN5O3. The molecule has 1 saturated heterocycles. The second-order valence-electron chi connectivity index (χ2n) is 6.23. The van der Waals surface area contributed by atoms with E-state index in [-0.39, 0.29) is 41.6 Å². The van der Waals surface area contributed by atoms with E-state index in [1.165, 1.54) is 12.1 Å². The number of guanidine groups is 1. The van der Waals surface area contributed by atoms with Crippen molar-refractivity contribution in [3.8, 4) is 0 Å². The van der Waals surface area contributed by atoms with Crippen LogP contribution < -0.4 is 15.5 Å². The van der Waals surface area contributed by atoms with E-state index in [1.54, 1.807) is 24.1 Å². The molecule has 1 unspecified atom stereocenters. The Morgan fingerprint density at radius 1 is 1.21 bits per heavy atom. The Labute approximate surface area is 180 Å². The molecule has 1 atom stereocenters. The molecule has 0 aromatic heterocycles. The summed E-state index contributed by atoms with van der Waals surface area (Å²) in [6, 6.07) is 15.9. The fourth-order valence-electron chi connectivity index (χ4n) is 2.97. The lowest BCUT2D eigenvalue weighted by Crippen LogP contribution is -2.44. The molecule has 2 aromatic carbocycles. The van der Waals surface area contributed by atoms with Gasteiger partial charge in [-0.1, -0.05) is 30.3 Å². The molecule has 1 heterocycles. The minimum Gasteiger partial charge on any atom is -0.352 e. The summed E-state index contributed by atoms with van der Waals surface area (Å²) in [4.78, 5) is 28.5. The van der Waals surface area contributed by atoms with E-state index in [2.05, 4.69) is 15.6 Å². The molecule has 0 spiro atoms. The van der Waals surface area contributed by atoms with Crippen molar-refractivity contribution in [1.82, 2.24) is 10.6 Å². The van der Waals surface area contributed by atoms with Gasteiger partial charge in [-0.3, -0.25) is 19.9 Å². The van der Waals surface area contributed by atoms with E-state index in [9.17, 15) is 14.9 Å². The summed E-state index contributed by atoms with van der Waals surface area (Å²) in [7, 11) is 1.66. The van der Waals surface area contributed by atoms with Gasteiger partial charge in [-0.2, -0.15) is 0 Å². The molecule has 1 aliphatic rings. The fourth-order valence-corrected chi connectivity index (χ4v) is 2.97. The maximum Gasteiger partial charge on any atom is 0.269 e. The number of amides is 1. The molecule has 0 aliphatic carbocycles. The Hall–Kier alpha value is -2.69. The number of aliphatic imine (C=N–C) groups is 1. The number of nitrogens with one attached hydrogen (secondary N) is 2. The van der Waals surface area contributed by atoms with Gasteiger partial charge in [0, 0.05) is 44.4 Å². The van der Waals surface area contributed by atoms with Gasteiger partial charge in [0.15, 0.2) is 5.96 Å². The number of rotatable bonds is 5. The van der Waals surface area contributed by atoms with Crippen molar-refractivity contribution in [2.75, 3.05) is 18.5 Å². The van der Waals surface area contributed by atoms with Crippen LogP contribution in [0, 0.1) is 10.1 Å². The van der Waals surface area contributed by atoms with Crippen LogP contribution in [-0.4, -0.2) is 36.4 Å². The number of halogens is 1. The van der Waals surface area contributed by atoms with Crippen molar-refractivity contribution in [2.45, 2.75) is 19.0 Å². The molecular weight excluding hydrogens is 473 g/mol. The third-order valence-corrected chi connectivity index (χ3v) is 4.36. The van der Waals surface area contributed by atoms with Crippen molar-refractivity contribution in [1.29, 1.82) is 0 Å². The van der Waals surface area contributed by atoms with Crippen LogP contribution in [-0.2, 0) is 11.3 Å². The lowest BCUT2D eigenvalue weighted by atomic mass is 10.2. The van der Waals surface area contributed by atoms with Crippen LogP contribution >= 0.6 is 24.0 Å². The summed E-state index contributed by atoms with van der Waals surface area (Å²) < 4.78 is 0. The fraction of sp³-hybridized carbons (Fsp3) is 0.263. The predicted molar refractivity (Wildman–Crippen MR) is 119 cm³/mol. The molecule has 0 saturated carbocycles. The number of nitro groups is 1. The minimum absolute atomic E-state index is 0. The lowest BCUT2D eigenvalue weighted by molar-refractivity contribution is -0.384. The first kappa shape index (κ1) is 21.6. The van der Waals surface area contributed by atoms with E-state index in [0.717, 1.165) is 11.3 Å². The van der Waals surface area contributed by atoms with Crippen molar-refractivity contribution in [2.24, 2.45) is 4.99 Å². The van der Waals surface area contributed by atoms with E-state index >= 15 is 0 Å². The highest BCUT2D eigenvalue weighted by atomic mass is 127. The summed E-state index contributed by atoms with van der Waals surface area (Å²) in [5, 5.41) is 17.1. The van der Waals surface area contributed by atoms with Crippen LogP contribution in [0.15, 0.2) is 59.6 Å². The highest BCUT2D eigenvalue weighted by Gasteiger charge is 2.30. The quantitative estimate of drug-likeness (QED) is 0.219. The minimum atomic E-state index is -0.423. The number of non-ortho nitro benzene ring substituents is 1. The van der Waals surface area contributed by atoms with Gasteiger partial charge < -0.3 is 15.5 Å². The topological polar surface area (TPSA) is 99.9 Å². The highest BCUT2D eigenvalue weighted by molar-refractivity contribution is 14.0. The van der Waals surface area contributed by atoms with E-state index in [0.29, 0.717) is 25.5 Å². The Balaban J connectivity index is 0.00000280. The molecule has 1 amide bonds. The Morgan fingerprint density at radius 3 is 2.50 bits per heavy atom. The molecule has 0 radical (unpaired) electrons. The van der Waals surface area contributed by atoms with Gasteiger partial charge in [-0.15, -0.1) is 24.0 Å². The predicted octanol–water partition coefficient (Wildman–Crippen LogP) is 2.68. The van der Waals surface area contributed by atoms with Gasteiger partial charge in [-0.05, 0) is 17.7 Å². The van der Waals surface area contributed by atoms with Crippen molar-refractivity contribution < 1.29 is 9.72 Å². The maximum atomic E-state index is 12.3. The van der Waals surface area contributed by atoms with E-state index in [4.69, 9.17) is 0 Å². The van der Waals surface area contributed by atoms with Gasteiger partial charge >= 0.3 is 0 Å². The summed E-state index contributed by atoms with van der Waals surface area (Å²) in [5.74, 6) is 0.658. The lowest BCUT2D eigenvalue weighted by Gasteiger charge is -2.19. The summed E-state index contributed by atoms with van der Waals surface area (Å²) >= 11 is 0. The third kappa shape index (κ3) is 5.41. The normalized spacial score (nSPS) is 16.5. The SMILES string of the molecule is CN=C(NCc1ccc([N+](=O)[O-])cc1)NC1CC(=O)N(c2ccccc2)C1.I. The summed E-state index contributed by atoms with van der Waals surface area (Å²) in [6.45, 7) is 1.04. The second kappa shape index (κ2) is 10.0. The number of anilines is 1. The zero-order valence-corrected chi connectivity index (χ0v) is 17.7. The monoisotopic (exact) mass is 495 g/mol. The van der Waals surface area contributed by atoms with Crippen LogP contribution in [0.4, 0.5) is 11.4 Å². The first-order chi connectivity index (χ1) is 13.1. The summed E-state index contributed by atoms with van der Waals surface area (Å²) in [5.41, 5.74) is 1.85. The Kier molecular flexibility index (Phi) is 7.73. The van der Waals surface area contributed by atoms with Crippen molar-refractivity contribution in [3.63, 3.8) is 0 Å². The van der Waals surface area contributed by atoms with Crippen LogP contribution in [0.2, 0.25) is 0 Å². The largest absolute Gasteiger partial charge is 0.352 e. The number of para-hydroxylation sites is 1. The van der Waals surface area contributed by atoms with E-state index in [1.807, 2.05) is 30.3 Å². The van der Waals surface area contributed by atoms with Crippen LogP contribution in [0.3, 0.4) is 0 Å². The van der Waals surface area contributed by atoms with Crippen LogP contribution in [0.1, 0.15) is 12.0 Å². The first-order valence-corrected chi connectivity index (χ1v) is 8.63. The van der Waals surface area contributed by atoms with Crippen LogP contribution in [0.25, 0.3) is 0 Å². The first-order valence-electron chi connectivity index (χ1n) is 8.63. The molecule has 9 heteroatoms. The standard InChI is InChI=1S/C19H21N5O3.HI/c1-20-19(21-12-14-7-9-17(10-8-14)24(26)27)22-15-11-18(25)23(13-15)16-5-3-2-4-6-16;/h2-10,15H,11-13H2,1H3,(H2,20,21,22);1H. The highest BCUT2D eigenvalue weighted by Crippen LogP contribution is 2.21. The molecule has 0 bridgehead atoms. The Bertz CT molecular complexity index is 842. The second-order valence-corrected chi connectivity index (χ2v) is 6.23. The molecule has 1 aliphatic heterocycles. The molecule has 1 fully saturated rings. The van der Waals surface area contributed by atoms with Crippen LogP contribution in [0.5, 0.6) is 0 Å². The number of carbonyl (C=O) groups is 1. The Morgan fingerprint density at radius 2 is 1.89 bits per heavy atom. The third-order valence-electron chi connectivity index (χ3n) is 4.36. The average Bonchev–Trinajstić information content (AvgIpc) is 3.06. The van der Waals surface area contributed by atoms with Crippen molar-refractivity contribution in [3.05, 3.63) is 70.3 Å². The molecule has 2 aromatic rings. The van der Waals surface area contributed by atoms with Gasteiger partial charge in [0.1, 0.15) is 0 Å².